The number of nitrogens with one attached hydrogen (secondary N) is 1. The van der Waals surface area contributed by atoms with Gasteiger partial charge >= 0.3 is 10.1 Å². The highest BCUT2D eigenvalue weighted by Crippen LogP contribution is 2.22. The van der Waals surface area contributed by atoms with E-state index < -0.39 is 10.1 Å². The highest BCUT2D eigenvalue weighted by molar-refractivity contribution is 7.86. The van der Waals surface area contributed by atoms with E-state index >= 15 is 0 Å². The summed E-state index contributed by atoms with van der Waals surface area (Å²) in [6, 6.07) is 10.1. The molecular formula is C12H12N2O3S. The highest BCUT2D eigenvalue weighted by atomic mass is 32.2. The monoisotopic (exact) mass is 264 g/mol. The molecule has 0 bridgehead atoms. The molecule has 0 saturated carbocycles. The molecule has 2 rings (SSSR count). The van der Waals surface area contributed by atoms with Crippen molar-refractivity contribution in [2.45, 2.75) is 0 Å². The molecule has 2 aromatic rings. The van der Waals surface area contributed by atoms with E-state index in [2.05, 4.69) is 0 Å². The zero-order valence-corrected chi connectivity index (χ0v) is 10.5. The van der Waals surface area contributed by atoms with Crippen molar-refractivity contribution >= 4 is 26.7 Å². The molecule has 0 aromatic heterocycles. The van der Waals surface area contributed by atoms with Gasteiger partial charge in [0.2, 0.25) is 0 Å². The standard InChI is InChI=1S/C12H12N2O3S/c1-18(15,16)17-11-5-4-8-6-10(12(13)14)3-2-9(8)7-11/h2-7H,1H3,(H3,13,14). The molecule has 6 heteroatoms. The van der Waals surface area contributed by atoms with Gasteiger partial charge in [-0.1, -0.05) is 18.2 Å². The van der Waals surface area contributed by atoms with Gasteiger partial charge in [-0.05, 0) is 29.0 Å². The van der Waals surface area contributed by atoms with Crippen LogP contribution in [0.3, 0.4) is 0 Å². The fourth-order valence-corrected chi connectivity index (χ4v) is 2.07. The zero-order valence-electron chi connectivity index (χ0n) is 9.67. The van der Waals surface area contributed by atoms with Crippen molar-refractivity contribution in [3.63, 3.8) is 0 Å². The number of benzene rings is 2. The largest absolute Gasteiger partial charge is 0.384 e. The van der Waals surface area contributed by atoms with Crippen LogP contribution >= 0.6 is 0 Å². The normalized spacial score (nSPS) is 11.4. The Balaban J connectivity index is 2.47. The molecule has 0 unspecified atom stereocenters. The van der Waals surface area contributed by atoms with Crippen LogP contribution in [0, 0.1) is 5.41 Å². The molecule has 0 aliphatic heterocycles. The Hall–Kier alpha value is -2.08. The summed E-state index contributed by atoms with van der Waals surface area (Å²) in [5, 5.41) is 9.03. The fourth-order valence-electron chi connectivity index (χ4n) is 1.62. The van der Waals surface area contributed by atoms with Crippen molar-refractivity contribution in [1.29, 1.82) is 5.41 Å². The minimum atomic E-state index is -3.52. The van der Waals surface area contributed by atoms with Crippen LogP contribution in [-0.2, 0) is 10.1 Å². The van der Waals surface area contributed by atoms with Gasteiger partial charge in [0.1, 0.15) is 11.6 Å². The zero-order chi connectivity index (χ0) is 13.3. The number of nitrogen functional groups attached to an aromatic ring is 1. The van der Waals surface area contributed by atoms with Crippen molar-refractivity contribution in [3.05, 3.63) is 42.0 Å². The van der Waals surface area contributed by atoms with Gasteiger partial charge < -0.3 is 9.92 Å². The fraction of sp³-hybridized carbons (Fsp3) is 0.0833. The van der Waals surface area contributed by atoms with Crippen LogP contribution in [0.2, 0.25) is 0 Å². The third kappa shape index (κ3) is 2.78. The van der Waals surface area contributed by atoms with E-state index in [-0.39, 0.29) is 11.6 Å². The lowest BCUT2D eigenvalue weighted by Gasteiger charge is -2.05. The average molecular weight is 264 g/mol. The molecule has 0 radical (unpaired) electrons. The van der Waals surface area contributed by atoms with Crippen LogP contribution < -0.4 is 9.92 Å². The molecule has 0 fully saturated rings. The Bertz CT molecular complexity index is 723. The lowest BCUT2D eigenvalue weighted by Crippen LogP contribution is -2.10. The van der Waals surface area contributed by atoms with Crippen LogP contribution in [0.4, 0.5) is 0 Å². The second-order valence-electron chi connectivity index (χ2n) is 3.92. The second kappa shape index (κ2) is 4.30. The molecule has 0 heterocycles. The molecule has 2 aromatic carbocycles. The van der Waals surface area contributed by atoms with E-state index in [1.165, 1.54) is 0 Å². The number of rotatable bonds is 3. The van der Waals surface area contributed by atoms with E-state index in [1.807, 2.05) is 0 Å². The Labute approximate surface area is 105 Å². The molecule has 0 spiro atoms. The van der Waals surface area contributed by atoms with E-state index in [0.717, 1.165) is 17.0 Å². The van der Waals surface area contributed by atoms with Crippen molar-refractivity contribution < 1.29 is 12.6 Å². The summed E-state index contributed by atoms with van der Waals surface area (Å²) in [5.74, 6) is 0.258. The minimum absolute atomic E-state index is 0.00615. The molecular weight excluding hydrogens is 252 g/mol. The Kier molecular flexibility index (Phi) is 2.96. The topological polar surface area (TPSA) is 93.2 Å². The van der Waals surface area contributed by atoms with Crippen molar-refractivity contribution in [2.75, 3.05) is 6.26 Å². The molecule has 3 N–H and O–H groups in total. The smallest absolute Gasteiger partial charge is 0.306 e. The lowest BCUT2D eigenvalue weighted by atomic mass is 10.1. The number of fused-ring (bicyclic) bond motifs is 1. The molecule has 94 valence electrons. The maximum atomic E-state index is 11.0. The van der Waals surface area contributed by atoms with Gasteiger partial charge in [0, 0.05) is 5.56 Å². The van der Waals surface area contributed by atoms with Crippen molar-refractivity contribution in [3.8, 4) is 5.75 Å². The molecule has 0 atom stereocenters. The average Bonchev–Trinajstić information content (AvgIpc) is 2.26. The van der Waals surface area contributed by atoms with E-state index in [0.29, 0.717) is 5.56 Å². The maximum absolute atomic E-state index is 11.0. The number of hydrogen-bond donors (Lipinski definition) is 2. The lowest BCUT2D eigenvalue weighted by molar-refractivity contribution is 0.493. The van der Waals surface area contributed by atoms with Crippen LogP contribution in [-0.4, -0.2) is 20.5 Å². The van der Waals surface area contributed by atoms with E-state index in [4.69, 9.17) is 15.3 Å². The third-order valence-electron chi connectivity index (χ3n) is 2.37. The first-order valence-electron chi connectivity index (χ1n) is 5.13. The quantitative estimate of drug-likeness (QED) is 0.498. The first kappa shape index (κ1) is 12.4. The Morgan fingerprint density at radius 3 is 2.39 bits per heavy atom. The van der Waals surface area contributed by atoms with Crippen LogP contribution in [0.1, 0.15) is 5.56 Å². The van der Waals surface area contributed by atoms with Crippen LogP contribution in [0.25, 0.3) is 10.8 Å². The van der Waals surface area contributed by atoms with E-state index in [9.17, 15) is 8.42 Å². The first-order chi connectivity index (χ1) is 8.35. The summed E-state index contributed by atoms with van der Waals surface area (Å²) in [4.78, 5) is 0. The predicted molar refractivity (Wildman–Crippen MR) is 70.4 cm³/mol. The van der Waals surface area contributed by atoms with Gasteiger partial charge in [-0.25, -0.2) is 0 Å². The van der Waals surface area contributed by atoms with Gasteiger partial charge in [0.15, 0.2) is 0 Å². The molecule has 0 amide bonds. The highest BCUT2D eigenvalue weighted by Gasteiger charge is 2.06. The van der Waals surface area contributed by atoms with Crippen LogP contribution in [0.5, 0.6) is 5.75 Å². The molecule has 0 aliphatic rings. The molecule has 5 nitrogen and oxygen atoms in total. The molecule has 18 heavy (non-hydrogen) atoms. The SMILES string of the molecule is CS(=O)(=O)Oc1ccc2cc(C(=N)N)ccc2c1. The second-order valence-corrected chi connectivity index (χ2v) is 5.50. The van der Waals surface area contributed by atoms with Crippen LogP contribution in [0.15, 0.2) is 36.4 Å². The van der Waals surface area contributed by atoms with Gasteiger partial charge in [-0.15, -0.1) is 0 Å². The van der Waals surface area contributed by atoms with Gasteiger partial charge in [0.25, 0.3) is 0 Å². The summed E-state index contributed by atoms with van der Waals surface area (Å²) >= 11 is 0. The summed E-state index contributed by atoms with van der Waals surface area (Å²) in [6.45, 7) is 0. The van der Waals surface area contributed by atoms with E-state index in [1.54, 1.807) is 36.4 Å². The molecule has 0 aliphatic carbocycles. The number of nitrogens with two attached hydrogens (primary N) is 1. The number of hydrogen-bond acceptors (Lipinski definition) is 4. The third-order valence-corrected chi connectivity index (χ3v) is 2.87. The molecule has 0 saturated heterocycles. The minimum Gasteiger partial charge on any atom is -0.384 e. The number of amidine groups is 1. The summed E-state index contributed by atoms with van der Waals surface area (Å²) in [6.07, 6.45) is 0.996. The van der Waals surface area contributed by atoms with Gasteiger partial charge in [-0.2, -0.15) is 8.42 Å². The summed E-state index contributed by atoms with van der Waals surface area (Å²) in [5.41, 5.74) is 6.02. The predicted octanol–water partition coefficient (Wildman–Crippen LogP) is 1.46. The van der Waals surface area contributed by atoms with Gasteiger partial charge in [-0.3, -0.25) is 5.41 Å². The Morgan fingerprint density at radius 1 is 1.17 bits per heavy atom. The van der Waals surface area contributed by atoms with Crippen molar-refractivity contribution in [1.82, 2.24) is 0 Å². The van der Waals surface area contributed by atoms with Crippen molar-refractivity contribution in [2.24, 2.45) is 5.73 Å². The first-order valence-corrected chi connectivity index (χ1v) is 6.94. The van der Waals surface area contributed by atoms with Gasteiger partial charge in [0.05, 0.1) is 6.26 Å². The maximum Gasteiger partial charge on any atom is 0.306 e. The summed E-state index contributed by atoms with van der Waals surface area (Å²) < 4.78 is 26.8. The Morgan fingerprint density at radius 2 is 1.78 bits per heavy atom. The summed E-state index contributed by atoms with van der Waals surface area (Å²) in [7, 11) is -3.52.